The lowest BCUT2D eigenvalue weighted by Crippen LogP contribution is -2.48. The normalized spacial score (nSPS) is 27.2. The van der Waals surface area contributed by atoms with E-state index in [1.807, 2.05) is 0 Å². The SMILES string of the molecule is O=C1Nc2ccc(O)cc2NC2CNCCC12. The van der Waals surface area contributed by atoms with Crippen LogP contribution in [0.1, 0.15) is 6.42 Å². The number of carbonyl (C=O) groups excluding carboxylic acids is 1. The van der Waals surface area contributed by atoms with E-state index in [4.69, 9.17) is 0 Å². The number of hydrogen-bond donors (Lipinski definition) is 4. The number of phenols is 1. The zero-order valence-corrected chi connectivity index (χ0v) is 9.36. The molecule has 2 unspecified atom stereocenters. The first-order valence-electron chi connectivity index (χ1n) is 5.85. The number of aromatic hydroxyl groups is 1. The van der Waals surface area contributed by atoms with Crippen LogP contribution in [-0.2, 0) is 4.79 Å². The molecule has 0 radical (unpaired) electrons. The Balaban J connectivity index is 1.98. The van der Waals surface area contributed by atoms with E-state index in [1.54, 1.807) is 18.2 Å². The van der Waals surface area contributed by atoms with Crippen molar-refractivity contribution in [3.8, 4) is 5.75 Å². The van der Waals surface area contributed by atoms with Crippen LogP contribution in [0, 0.1) is 5.92 Å². The first-order chi connectivity index (χ1) is 8.24. The van der Waals surface area contributed by atoms with E-state index in [9.17, 15) is 9.90 Å². The fourth-order valence-electron chi connectivity index (χ4n) is 2.51. The second kappa shape index (κ2) is 3.92. The van der Waals surface area contributed by atoms with E-state index in [1.165, 1.54) is 0 Å². The minimum atomic E-state index is -0.00853. The van der Waals surface area contributed by atoms with Gasteiger partial charge in [-0.3, -0.25) is 4.79 Å². The molecule has 1 amide bonds. The summed E-state index contributed by atoms with van der Waals surface area (Å²) < 4.78 is 0. The second-order valence-corrected chi connectivity index (χ2v) is 4.57. The van der Waals surface area contributed by atoms with Gasteiger partial charge in [-0.25, -0.2) is 0 Å². The molecule has 1 fully saturated rings. The number of piperidine rings is 1. The van der Waals surface area contributed by atoms with Gasteiger partial charge in [0.2, 0.25) is 5.91 Å². The zero-order valence-electron chi connectivity index (χ0n) is 9.36. The summed E-state index contributed by atoms with van der Waals surface area (Å²) in [6.45, 7) is 1.64. The molecule has 2 heterocycles. The summed E-state index contributed by atoms with van der Waals surface area (Å²) >= 11 is 0. The first-order valence-corrected chi connectivity index (χ1v) is 5.85. The molecule has 1 aromatic rings. The topological polar surface area (TPSA) is 73.4 Å². The van der Waals surface area contributed by atoms with Crippen LogP contribution in [0.4, 0.5) is 11.4 Å². The summed E-state index contributed by atoms with van der Waals surface area (Å²) in [7, 11) is 0. The lowest BCUT2D eigenvalue weighted by Gasteiger charge is -2.29. The molecule has 2 aliphatic rings. The zero-order chi connectivity index (χ0) is 11.8. The molecule has 2 aliphatic heterocycles. The van der Waals surface area contributed by atoms with Crippen LogP contribution in [0.2, 0.25) is 0 Å². The van der Waals surface area contributed by atoms with Gasteiger partial charge in [-0.15, -0.1) is 0 Å². The predicted octanol–water partition coefficient (Wildman–Crippen LogP) is 0.734. The molecule has 5 heteroatoms. The van der Waals surface area contributed by atoms with Gasteiger partial charge in [0, 0.05) is 12.6 Å². The molecule has 3 rings (SSSR count). The van der Waals surface area contributed by atoms with Gasteiger partial charge in [0.15, 0.2) is 0 Å². The highest BCUT2D eigenvalue weighted by molar-refractivity contribution is 5.98. The summed E-state index contributed by atoms with van der Waals surface area (Å²) in [5, 5.41) is 19.0. The third-order valence-electron chi connectivity index (χ3n) is 3.42. The average Bonchev–Trinajstić information content (AvgIpc) is 2.46. The van der Waals surface area contributed by atoms with Gasteiger partial charge in [-0.05, 0) is 25.1 Å². The van der Waals surface area contributed by atoms with Gasteiger partial charge >= 0.3 is 0 Å². The number of fused-ring (bicyclic) bond motifs is 2. The number of benzene rings is 1. The Morgan fingerprint density at radius 3 is 3.06 bits per heavy atom. The molecule has 0 aliphatic carbocycles. The van der Waals surface area contributed by atoms with Crippen molar-refractivity contribution < 1.29 is 9.90 Å². The molecule has 0 bridgehead atoms. The largest absolute Gasteiger partial charge is 0.508 e. The van der Waals surface area contributed by atoms with Crippen LogP contribution in [0.25, 0.3) is 0 Å². The second-order valence-electron chi connectivity index (χ2n) is 4.57. The van der Waals surface area contributed by atoms with Crippen LogP contribution >= 0.6 is 0 Å². The average molecular weight is 233 g/mol. The van der Waals surface area contributed by atoms with Crippen molar-refractivity contribution in [2.75, 3.05) is 23.7 Å². The molecule has 0 aromatic heterocycles. The van der Waals surface area contributed by atoms with E-state index in [-0.39, 0.29) is 23.6 Å². The maximum absolute atomic E-state index is 12.1. The van der Waals surface area contributed by atoms with Crippen molar-refractivity contribution in [2.24, 2.45) is 5.92 Å². The quantitative estimate of drug-likeness (QED) is 0.499. The van der Waals surface area contributed by atoms with Crippen LogP contribution in [0.3, 0.4) is 0 Å². The molecular formula is C12H15N3O2. The third kappa shape index (κ3) is 1.82. The van der Waals surface area contributed by atoms with E-state index >= 15 is 0 Å². The lowest BCUT2D eigenvalue weighted by molar-refractivity contribution is -0.120. The molecule has 5 nitrogen and oxygen atoms in total. The van der Waals surface area contributed by atoms with E-state index < -0.39 is 0 Å². The highest BCUT2D eigenvalue weighted by Gasteiger charge is 2.33. The Hall–Kier alpha value is -1.75. The number of anilines is 2. The minimum Gasteiger partial charge on any atom is -0.508 e. The standard InChI is InChI=1S/C12H15N3O2/c16-7-1-2-9-10(5-7)14-11-6-13-4-3-8(11)12(17)15-9/h1-2,5,8,11,13-14,16H,3-4,6H2,(H,15,17). The predicted molar refractivity (Wildman–Crippen MR) is 65.1 cm³/mol. The molecule has 0 saturated carbocycles. The van der Waals surface area contributed by atoms with Crippen LogP contribution in [0.5, 0.6) is 5.75 Å². The van der Waals surface area contributed by atoms with E-state index in [2.05, 4.69) is 16.0 Å². The van der Waals surface area contributed by atoms with Gasteiger partial charge in [0.1, 0.15) is 5.75 Å². The van der Waals surface area contributed by atoms with Gasteiger partial charge in [0.05, 0.1) is 23.3 Å². The number of nitrogens with one attached hydrogen (secondary N) is 3. The summed E-state index contributed by atoms with van der Waals surface area (Å²) in [6, 6.07) is 5.04. The summed E-state index contributed by atoms with van der Waals surface area (Å²) in [5.41, 5.74) is 1.52. The molecular weight excluding hydrogens is 218 g/mol. The van der Waals surface area contributed by atoms with E-state index in [0.717, 1.165) is 30.9 Å². The number of carbonyl (C=O) groups is 1. The molecule has 0 spiro atoms. The van der Waals surface area contributed by atoms with Gasteiger partial charge in [-0.1, -0.05) is 0 Å². The Morgan fingerprint density at radius 2 is 2.18 bits per heavy atom. The highest BCUT2D eigenvalue weighted by Crippen LogP contribution is 2.32. The highest BCUT2D eigenvalue weighted by atomic mass is 16.3. The van der Waals surface area contributed by atoms with Crippen molar-refractivity contribution in [1.29, 1.82) is 0 Å². The monoisotopic (exact) mass is 233 g/mol. The van der Waals surface area contributed by atoms with Crippen molar-refractivity contribution in [2.45, 2.75) is 12.5 Å². The van der Waals surface area contributed by atoms with Crippen LogP contribution in [-0.4, -0.2) is 30.1 Å². The maximum Gasteiger partial charge on any atom is 0.229 e. The number of hydrogen-bond acceptors (Lipinski definition) is 4. The van der Waals surface area contributed by atoms with Crippen molar-refractivity contribution in [1.82, 2.24) is 5.32 Å². The third-order valence-corrected chi connectivity index (χ3v) is 3.42. The summed E-state index contributed by atoms with van der Waals surface area (Å²) in [6.07, 6.45) is 0.837. The molecule has 1 saturated heterocycles. The Kier molecular flexibility index (Phi) is 2.40. The Bertz CT molecular complexity index is 461. The van der Waals surface area contributed by atoms with Crippen LogP contribution < -0.4 is 16.0 Å². The van der Waals surface area contributed by atoms with Gasteiger partial charge < -0.3 is 21.1 Å². The first kappa shape index (κ1) is 10.4. The Labute approximate surface area is 99.2 Å². The molecule has 17 heavy (non-hydrogen) atoms. The van der Waals surface area contributed by atoms with Crippen molar-refractivity contribution in [3.63, 3.8) is 0 Å². The van der Waals surface area contributed by atoms with Gasteiger partial charge in [-0.2, -0.15) is 0 Å². The van der Waals surface area contributed by atoms with E-state index in [0.29, 0.717) is 0 Å². The van der Waals surface area contributed by atoms with Crippen molar-refractivity contribution in [3.05, 3.63) is 18.2 Å². The smallest absolute Gasteiger partial charge is 0.229 e. The van der Waals surface area contributed by atoms with Gasteiger partial charge in [0.25, 0.3) is 0 Å². The summed E-state index contributed by atoms with van der Waals surface area (Å²) in [4.78, 5) is 12.1. The maximum atomic E-state index is 12.1. The minimum absolute atomic E-state index is 0.00853. The number of amides is 1. The number of phenolic OH excluding ortho intramolecular Hbond substituents is 1. The Morgan fingerprint density at radius 1 is 1.29 bits per heavy atom. The molecule has 90 valence electrons. The van der Waals surface area contributed by atoms with Crippen LogP contribution in [0.15, 0.2) is 18.2 Å². The fourth-order valence-corrected chi connectivity index (χ4v) is 2.51. The van der Waals surface area contributed by atoms with Crippen molar-refractivity contribution >= 4 is 17.3 Å². The molecule has 2 atom stereocenters. The molecule has 1 aromatic carbocycles. The molecule has 4 N–H and O–H groups in total. The summed E-state index contributed by atoms with van der Waals surface area (Å²) in [5.74, 6) is 0.256. The fraction of sp³-hybridized carbons (Fsp3) is 0.417. The lowest BCUT2D eigenvalue weighted by atomic mass is 9.92. The number of rotatable bonds is 0.